The SMILES string of the molecule is CCn1cc(C)c2c(c1=O)C(c1ccc(C#N)cc1OC)C(C(=O)OCCCC#N)=C(C)N2. The van der Waals surface area contributed by atoms with E-state index in [0.29, 0.717) is 52.4 Å². The number of carbonyl (C=O) groups excluding carboxylic acids is 1. The molecule has 1 aliphatic heterocycles. The van der Waals surface area contributed by atoms with Crippen LogP contribution in [-0.2, 0) is 16.1 Å². The fourth-order valence-corrected chi connectivity index (χ4v) is 4.11. The first-order valence-corrected chi connectivity index (χ1v) is 10.7. The summed E-state index contributed by atoms with van der Waals surface area (Å²) in [4.78, 5) is 26.7. The van der Waals surface area contributed by atoms with Crippen molar-refractivity contribution < 1.29 is 14.3 Å². The van der Waals surface area contributed by atoms with Crippen LogP contribution >= 0.6 is 0 Å². The molecule has 1 N–H and O–H groups in total. The number of anilines is 1. The van der Waals surface area contributed by atoms with Crippen molar-refractivity contribution in [3.63, 3.8) is 0 Å². The van der Waals surface area contributed by atoms with Crippen LogP contribution in [0.3, 0.4) is 0 Å². The third kappa shape index (κ3) is 4.47. The topological polar surface area (TPSA) is 117 Å². The number of rotatable bonds is 7. The van der Waals surface area contributed by atoms with Crippen LogP contribution in [0.2, 0.25) is 0 Å². The summed E-state index contributed by atoms with van der Waals surface area (Å²) >= 11 is 0. The number of methoxy groups -OCH3 is 1. The highest BCUT2D eigenvalue weighted by molar-refractivity contribution is 5.95. The van der Waals surface area contributed by atoms with Crippen molar-refractivity contribution in [1.29, 1.82) is 10.5 Å². The number of unbranched alkanes of at least 4 members (excludes halogenated alkanes) is 1. The molecule has 3 rings (SSSR count). The third-order valence-electron chi connectivity index (χ3n) is 5.70. The molecule has 1 aromatic carbocycles. The van der Waals surface area contributed by atoms with Crippen LogP contribution in [0.15, 0.2) is 40.5 Å². The first-order chi connectivity index (χ1) is 15.9. The van der Waals surface area contributed by atoms with Crippen LogP contribution in [0.25, 0.3) is 0 Å². The molecular formula is C25H26N4O4. The predicted molar refractivity (Wildman–Crippen MR) is 123 cm³/mol. The molecule has 0 spiro atoms. The Morgan fingerprint density at radius 2 is 2.03 bits per heavy atom. The van der Waals surface area contributed by atoms with E-state index in [4.69, 9.17) is 14.7 Å². The third-order valence-corrected chi connectivity index (χ3v) is 5.70. The largest absolute Gasteiger partial charge is 0.496 e. The second kappa shape index (κ2) is 10.1. The normalized spacial score (nSPS) is 14.5. The average molecular weight is 447 g/mol. The van der Waals surface area contributed by atoms with Crippen molar-refractivity contribution in [3.05, 3.63) is 68.3 Å². The highest BCUT2D eigenvalue weighted by Crippen LogP contribution is 2.44. The number of nitriles is 2. The molecule has 0 fully saturated rings. The van der Waals surface area contributed by atoms with E-state index in [1.165, 1.54) is 7.11 Å². The number of esters is 1. The van der Waals surface area contributed by atoms with E-state index in [0.717, 1.165) is 5.56 Å². The molecule has 1 aromatic heterocycles. The summed E-state index contributed by atoms with van der Waals surface area (Å²) in [6.45, 7) is 6.12. The molecule has 8 heteroatoms. The molecule has 2 heterocycles. The Balaban J connectivity index is 2.26. The number of allylic oxidation sites excluding steroid dienone is 1. The molecule has 0 bridgehead atoms. The predicted octanol–water partition coefficient (Wildman–Crippen LogP) is 3.74. The molecule has 1 atom stereocenters. The lowest BCUT2D eigenvalue weighted by molar-refractivity contribution is -0.139. The Bertz CT molecular complexity index is 1260. The lowest BCUT2D eigenvalue weighted by atomic mass is 9.80. The monoisotopic (exact) mass is 446 g/mol. The van der Waals surface area contributed by atoms with Gasteiger partial charge in [-0.1, -0.05) is 6.07 Å². The molecule has 8 nitrogen and oxygen atoms in total. The first-order valence-electron chi connectivity index (χ1n) is 10.7. The number of hydrogen-bond acceptors (Lipinski definition) is 7. The van der Waals surface area contributed by atoms with Crippen LogP contribution in [0.4, 0.5) is 5.69 Å². The van der Waals surface area contributed by atoms with E-state index < -0.39 is 11.9 Å². The number of carbonyl (C=O) groups is 1. The van der Waals surface area contributed by atoms with Crippen LogP contribution in [0.1, 0.15) is 54.9 Å². The zero-order valence-corrected chi connectivity index (χ0v) is 19.2. The Hall–Kier alpha value is -4.04. The van der Waals surface area contributed by atoms with Gasteiger partial charge >= 0.3 is 5.97 Å². The van der Waals surface area contributed by atoms with Crippen LogP contribution in [-0.4, -0.2) is 24.3 Å². The highest BCUT2D eigenvalue weighted by atomic mass is 16.5. The van der Waals surface area contributed by atoms with Gasteiger partial charge in [0, 0.05) is 30.4 Å². The van der Waals surface area contributed by atoms with E-state index in [1.54, 1.807) is 35.9 Å². The summed E-state index contributed by atoms with van der Waals surface area (Å²) in [5.74, 6) is -0.917. The number of benzene rings is 1. The number of ether oxygens (including phenoxy) is 2. The standard InChI is InChI=1S/C25H26N4O4/c1-5-29-14-15(2)23-22(24(29)30)21(18-9-8-17(13-27)12-19(18)32-4)20(16(3)28-23)25(31)33-11-7-6-10-26/h8-9,12,14,21,28H,5-7,11H2,1-4H3. The van der Waals surface area contributed by atoms with Gasteiger partial charge in [-0.2, -0.15) is 10.5 Å². The lowest BCUT2D eigenvalue weighted by Gasteiger charge is -2.32. The fraction of sp³-hybridized carbons (Fsp3) is 0.360. The molecular weight excluding hydrogens is 420 g/mol. The second-order valence-corrected chi connectivity index (χ2v) is 7.75. The maximum atomic E-state index is 13.5. The van der Waals surface area contributed by atoms with Crippen LogP contribution in [0.5, 0.6) is 5.75 Å². The van der Waals surface area contributed by atoms with Gasteiger partial charge < -0.3 is 19.4 Å². The van der Waals surface area contributed by atoms with Gasteiger partial charge in [0.15, 0.2) is 0 Å². The van der Waals surface area contributed by atoms with E-state index in [-0.39, 0.29) is 18.6 Å². The van der Waals surface area contributed by atoms with E-state index in [2.05, 4.69) is 11.4 Å². The molecule has 33 heavy (non-hydrogen) atoms. The summed E-state index contributed by atoms with van der Waals surface area (Å²) < 4.78 is 12.7. The van der Waals surface area contributed by atoms with Crippen molar-refractivity contribution in [2.24, 2.45) is 0 Å². The molecule has 0 saturated heterocycles. The summed E-state index contributed by atoms with van der Waals surface area (Å²) in [7, 11) is 1.49. The van der Waals surface area contributed by atoms with Gasteiger partial charge in [0.1, 0.15) is 5.75 Å². The summed E-state index contributed by atoms with van der Waals surface area (Å²) in [6, 6.07) is 9.06. The minimum atomic E-state index is -0.752. The zero-order chi connectivity index (χ0) is 24.1. The number of aromatic nitrogens is 1. The molecule has 0 amide bonds. The molecule has 170 valence electrons. The van der Waals surface area contributed by atoms with Crippen molar-refractivity contribution in [2.75, 3.05) is 19.0 Å². The minimum Gasteiger partial charge on any atom is -0.496 e. The van der Waals surface area contributed by atoms with Gasteiger partial charge in [0.05, 0.1) is 54.2 Å². The van der Waals surface area contributed by atoms with Crippen LogP contribution in [0, 0.1) is 29.6 Å². The summed E-state index contributed by atoms with van der Waals surface area (Å²) in [5, 5.41) is 21.3. The average Bonchev–Trinajstić information content (AvgIpc) is 2.82. The molecule has 1 aliphatic rings. The van der Waals surface area contributed by atoms with Crippen molar-refractivity contribution in [2.45, 2.75) is 46.1 Å². The molecule has 0 radical (unpaired) electrons. The van der Waals surface area contributed by atoms with Crippen molar-refractivity contribution in [1.82, 2.24) is 4.57 Å². The van der Waals surface area contributed by atoms with Gasteiger partial charge in [0.2, 0.25) is 0 Å². The quantitative estimate of drug-likeness (QED) is 0.508. The number of pyridine rings is 1. The molecule has 2 aromatic rings. The maximum absolute atomic E-state index is 13.5. The van der Waals surface area contributed by atoms with Crippen LogP contribution < -0.4 is 15.6 Å². The Kier molecular flexibility index (Phi) is 7.20. The molecule has 0 saturated carbocycles. The Morgan fingerprint density at radius 1 is 1.27 bits per heavy atom. The van der Waals surface area contributed by atoms with Crippen molar-refractivity contribution in [3.8, 4) is 17.9 Å². The number of nitrogens with one attached hydrogen (secondary N) is 1. The van der Waals surface area contributed by atoms with Gasteiger partial charge in [-0.15, -0.1) is 0 Å². The number of aryl methyl sites for hydroxylation is 2. The number of fused-ring (bicyclic) bond motifs is 1. The number of hydrogen-bond donors (Lipinski definition) is 1. The Morgan fingerprint density at radius 3 is 2.67 bits per heavy atom. The highest BCUT2D eigenvalue weighted by Gasteiger charge is 2.38. The first kappa shape index (κ1) is 23.6. The maximum Gasteiger partial charge on any atom is 0.336 e. The molecule has 1 unspecified atom stereocenters. The number of nitrogens with zero attached hydrogens (tertiary/aromatic N) is 3. The van der Waals surface area contributed by atoms with Gasteiger partial charge in [-0.3, -0.25) is 4.79 Å². The van der Waals surface area contributed by atoms with Crippen molar-refractivity contribution >= 4 is 11.7 Å². The minimum absolute atomic E-state index is 0.0975. The molecule has 0 aliphatic carbocycles. The summed E-state index contributed by atoms with van der Waals surface area (Å²) in [6.07, 6.45) is 2.49. The van der Waals surface area contributed by atoms with E-state index in [9.17, 15) is 14.9 Å². The lowest BCUT2D eigenvalue weighted by Crippen LogP contribution is -2.34. The van der Waals surface area contributed by atoms with E-state index in [1.807, 2.05) is 19.9 Å². The van der Waals surface area contributed by atoms with Gasteiger partial charge in [-0.05, 0) is 44.9 Å². The smallest absolute Gasteiger partial charge is 0.336 e. The van der Waals surface area contributed by atoms with Gasteiger partial charge in [-0.25, -0.2) is 4.79 Å². The zero-order valence-electron chi connectivity index (χ0n) is 19.2. The fourth-order valence-electron chi connectivity index (χ4n) is 4.11. The second-order valence-electron chi connectivity index (χ2n) is 7.75. The van der Waals surface area contributed by atoms with Gasteiger partial charge in [0.25, 0.3) is 5.56 Å². The summed E-state index contributed by atoms with van der Waals surface area (Å²) in [5.41, 5.74) is 3.59. The Labute approximate surface area is 192 Å². The van der Waals surface area contributed by atoms with E-state index >= 15 is 0 Å².